The van der Waals surface area contributed by atoms with Crippen LogP contribution in [-0.4, -0.2) is 46.9 Å². The predicted molar refractivity (Wildman–Crippen MR) is 106 cm³/mol. The summed E-state index contributed by atoms with van der Waals surface area (Å²) in [5.74, 6) is -0.355. The highest BCUT2D eigenvalue weighted by molar-refractivity contribution is 7.20. The summed E-state index contributed by atoms with van der Waals surface area (Å²) in [6, 6.07) is 1.82. The number of carbonyl (C=O) groups excluding carboxylic acids is 2. The van der Waals surface area contributed by atoms with E-state index in [0.717, 1.165) is 28.2 Å². The van der Waals surface area contributed by atoms with Gasteiger partial charge in [0, 0.05) is 13.1 Å². The fourth-order valence-corrected chi connectivity index (χ4v) is 4.50. The fraction of sp³-hybridized carbons (Fsp3) is 0.600. The molecule has 2 atom stereocenters. The van der Waals surface area contributed by atoms with Crippen LogP contribution < -0.4 is 0 Å². The number of hydrogen-bond donors (Lipinski definition) is 0. The first kappa shape index (κ1) is 19.7. The van der Waals surface area contributed by atoms with E-state index in [-0.39, 0.29) is 29.1 Å². The van der Waals surface area contributed by atoms with E-state index in [4.69, 9.17) is 4.74 Å². The third kappa shape index (κ3) is 3.98. The first-order chi connectivity index (χ1) is 12.6. The average Bonchev–Trinajstić information content (AvgIpc) is 3.02. The van der Waals surface area contributed by atoms with Gasteiger partial charge in [0.1, 0.15) is 10.3 Å². The van der Waals surface area contributed by atoms with Crippen LogP contribution in [0, 0.1) is 31.1 Å². The molecule has 0 unspecified atom stereocenters. The Morgan fingerprint density at radius 1 is 1.19 bits per heavy atom. The largest absolute Gasteiger partial charge is 0.469 e. The number of carbonyl (C=O) groups is 2. The molecule has 1 aliphatic rings. The third-order valence-electron chi connectivity index (χ3n) is 5.48. The van der Waals surface area contributed by atoms with E-state index in [0.29, 0.717) is 18.0 Å². The molecule has 3 rings (SSSR count). The number of ether oxygens (including phenoxy) is 1. The van der Waals surface area contributed by atoms with Crippen LogP contribution >= 0.6 is 11.3 Å². The summed E-state index contributed by atoms with van der Waals surface area (Å²) >= 11 is 1.37. The minimum atomic E-state index is -0.285. The number of nitrogens with zero attached hydrogens (tertiary/aromatic N) is 3. The molecule has 3 heterocycles. The highest BCUT2D eigenvalue weighted by Gasteiger charge is 2.39. The number of methoxy groups -OCH3 is 1. The first-order valence-corrected chi connectivity index (χ1v) is 10.0. The molecule has 0 aromatic carbocycles. The molecule has 27 heavy (non-hydrogen) atoms. The molecule has 1 amide bonds. The molecular formula is C20H27N3O3S. The molecule has 2 aromatic heterocycles. The summed E-state index contributed by atoms with van der Waals surface area (Å²) in [7, 11) is 1.41. The van der Waals surface area contributed by atoms with Gasteiger partial charge in [0.15, 0.2) is 0 Å². The Kier molecular flexibility index (Phi) is 5.25. The number of esters is 1. The van der Waals surface area contributed by atoms with Gasteiger partial charge in [-0.3, -0.25) is 9.59 Å². The van der Waals surface area contributed by atoms with E-state index < -0.39 is 0 Å². The van der Waals surface area contributed by atoms with Gasteiger partial charge in [-0.25, -0.2) is 9.97 Å². The second-order valence-electron chi connectivity index (χ2n) is 8.42. The maximum atomic E-state index is 13.2. The zero-order valence-corrected chi connectivity index (χ0v) is 17.6. The number of thiophene rings is 1. The summed E-state index contributed by atoms with van der Waals surface area (Å²) < 4.78 is 4.96. The molecule has 0 spiro atoms. The quantitative estimate of drug-likeness (QED) is 0.734. The average molecular weight is 390 g/mol. The van der Waals surface area contributed by atoms with Crippen molar-refractivity contribution in [3.8, 4) is 0 Å². The van der Waals surface area contributed by atoms with Crippen molar-refractivity contribution in [3.63, 3.8) is 0 Å². The lowest BCUT2D eigenvalue weighted by molar-refractivity contribution is -0.148. The Balaban J connectivity index is 1.90. The van der Waals surface area contributed by atoms with Crippen LogP contribution in [0.2, 0.25) is 0 Å². The molecular weight excluding hydrogens is 362 g/mol. The molecule has 6 nitrogen and oxygen atoms in total. The minimum Gasteiger partial charge on any atom is -0.469 e. The second kappa shape index (κ2) is 7.19. The zero-order chi connectivity index (χ0) is 19.9. The molecule has 1 fully saturated rings. The van der Waals surface area contributed by atoms with Crippen molar-refractivity contribution >= 4 is 33.6 Å². The normalized spacial score (nSPS) is 20.7. The molecule has 1 saturated heterocycles. The summed E-state index contributed by atoms with van der Waals surface area (Å²) in [5, 5.41) is 0. The number of amides is 1. The molecule has 2 aromatic rings. The number of likely N-dealkylation sites (tertiary alicyclic amines) is 1. The molecule has 7 heteroatoms. The molecule has 0 N–H and O–H groups in total. The Labute approximate surface area is 163 Å². The number of fused-ring (bicyclic) bond motifs is 1. The van der Waals surface area contributed by atoms with Gasteiger partial charge in [-0.05, 0) is 37.7 Å². The lowest BCUT2D eigenvalue weighted by Crippen LogP contribution is -2.49. The van der Waals surface area contributed by atoms with Crippen LogP contribution in [0.15, 0.2) is 6.07 Å². The van der Waals surface area contributed by atoms with Crippen LogP contribution in [0.4, 0.5) is 0 Å². The Morgan fingerprint density at radius 3 is 2.48 bits per heavy atom. The lowest BCUT2D eigenvalue weighted by atomic mass is 9.73. The van der Waals surface area contributed by atoms with Crippen LogP contribution in [0.5, 0.6) is 0 Å². The van der Waals surface area contributed by atoms with Crippen molar-refractivity contribution in [2.24, 2.45) is 17.3 Å². The van der Waals surface area contributed by atoms with Gasteiger partial charge in [0.25, 0.3) is 5.91 Å². The van der Waals surface area contributed by atoms with E-state index in [2.05, 4.69) is 30.7 Å². The van der Waals surface area contributed by atoms with Gasteiger partial charge < -0.3 is 9.64 Å². The number of rotatable bonds is 2. The molecule has 0 bridgehead atoms. The first-order valence-electron chi connectivity index (χ1n) is 9.22. The van der Waals surface area contributed by atoms with Crippen LogP contribution in [-0.2, 0) is 9.53 Å². The summed E-state index contributed by atoms with van der Waals surface area (Å²) in [6.07, 6.45) is 0.744. The predicted octanol–water partition coefficient (Wildman–Crippen LogP) is 3.61. The number of piperidine rings is 1. The van der Waals surface area contributed by atoms with Crippen molar-refractivity contribution in [2.45, 2.75) is 41.0 Å². The molecule has 1 aliphatic heterocycles. The second-order valence-corrected chi connectivity index (χ2v) is 9.45. The summed E-state index contributed by atoms with van der Waals surface area (Å²) in [4.78, 5) is 37.7. The smallest absolute Gasteiger partial charge is 0.310 e. The van der Waals surface area contributed by atoms with E-state index >= 15 is 0 Å². The maximum absolute atomic E-state index is 13.2. The Bertz CT molecular complexity index is 845. The minimum absolute atomic E-state index is 0.00270. The van der Waals surface area contributed by atoms with Crippen LogP contribution in [0.3, 0.4) is 0 Å². The van der Waals surface area contributed by atoms with E-state index in [1.807, 2.05) is 19.9 Å². The molecule has 0 saturated carbocycles. The van der Waals surface area contributed by atoms with Crippen molar-refractivity contribution in [2.75, 3.05) is 20.2 Å². The fourth-order valence-electron chi connectivity index (χ4n) is 3.52. The van der Waals surface area contributed by atoms with Gasteiger partial charge in [0.05, 0.1) is 29.3 Å². The highest BCUT2D eigenvalue weighted by atomic mass is 32.1. The Morgan fingerprint density at radius 2 is 1.85 bits per heavy atom. The van der Waals surface area contributed by atoms with Crippen molar-refractivity contribution in [3.05, 3.63) is 22.3 Å². The monoisotopic (exact) mass is 389 g/mol. The van der Waals surface area contributed by atoms with E-state index in [1.54, 1.807) is 4.90 Å². The van der Waals surface area contributed by atoms with Gasteiger partial charge in [0.2, 0.25) is 0 Å². The molecule has 146 valence electrons. The SMILES string of the molecule is COC(=O)[C@@H]1C[C@@H](C(C)(C)C)CN(C(=O)c2cc3nc(C)c(C)nc3s2)C1. The standard InChI is InChI=1S/C20H27N3O3S/c1-11-12(2)22-17-15(21-11)8-16(27-17)18(24)23-9-13(19(25)26-6)7-14(10-23)20(3,4)5/h8,13-14H,7,9-10H2,1-6H3/t13-,14-/m1/s1. The molecule has 0 aliphatic carbocycles. The maximum Gasteiger partial charge on any atom is 0.310 e. The highest BCUT2D eigenvalue weighted by Crippen LogP contribution is 2.37. The van der Waals surface area contributed by atoms with E-state index in [1.165, 1.54) is 18.4 Å². The van der Waals surface area contributed by atoms with Crippen LogP contribution in [0.25, 0.3) is 10.3 Å². The van der Waals surface area contributed by atoms with Gasteiger partial charge >= 0.3 is 5.97 Å². The Hall–Kier alpha value is -2.02. The number of aromatic nitrogens is 2. The van der Waals surface area contributed by atoms with E-state index in [9.17, 15) is 9.59 Å². The van der Waals surface area contributed by atoms with Crippen LogP contribution in [0.1, 0.15) is 48.3 Å². The number of aryl methyl sites for hydroxylation is 2. The molecule has 0 radical (unpaired) electrons. The number of hydrogen-bond acceptors (Lipinski definition) is 6. The summed E-state index contributed by atoms with van der Waals surface area (Å²) in [6.45, 7) is 11.3. The zero-order valence-electron chi connectivity index (χ0n) is 16.8. The van der Waals surface area contributed by atoms with Gasteiger partial charge in [-0.1, -0.05) is 20.8 Å². The summed E-state index contributed by atoms with van der Waals surface area (Å²) in [5.41, 5.74) is 2.50. The van der Waals surface area contributed by atoms with Crippen molar-refractivity contribution in [1.82, 2.24) is 14.9 Å². The van der Waals surface area contributed by atoms with Crippen molar-refractivity contribution in [1.29, 1.82) is 0 Å². The topological polar surface area (TPSA) is 72.4 Å². The van der Waals surface area contributed by atoms with Crippen molar-refractivity contribution < 1.29 is 14.3 Å². The van der Waals surface area contributed by atoms with Gasteiger partial charge in [-0.15, -0.1) is 11.3 Å². The third-order valence-corrected chi connectivity index (χ3v) is 6.49. The lowest BCUT2D eigenvalue weighted by Gasteiger charge is -2.42. The van der Waals surface area contributed by atoms with Gasteiger partial charge in [-0.2, -0.15) is 0 Å².